The number of aliphatic hydroxyl groups is 1. The van der Waals surface area contributed by atoms with Gasteiger partial charge in [0.15, 0.2) is 0 Å². The molecule has 2 N–H and O–H groups in total. The van der Waals surface area contributed by atoms with Crippen molar-refractivity contribution in [2.24, 2.45) is 39.7 Å². The summed E-state index contributed by atoms with van der Waals surface area (Å²) in [6.07, 6.45) is 15.4. The number of halogens is 1. The van der Waals surface area contributed by atoms with E-state index in [-0.39, 0.29) is 16.9 Å². The quantitative estimate of drug-likeness (QED) is 0.200. The molecule has 1 aromatic carbocycles. The van der Waals surface area contributed by atoms with Gasteiger partial charge in [0, 0.05) is 10.4 Å². The van der Waals surface area contributed by atoms with Crippen LogP contribution in [0.3, 0.4) is 0 Å². The fourth-order valence-corrected chi connectivity index (χ4v) is 8.37. The van der Waals surface area contributed by atoms with Crippen LogP contribution in [0.25, 0.3) is 6.08 Å². The summed E-state index contributed by atoms with van der Waals surface area (Å²) in [7, 11) is 0. The van der Waals surface area contributed by atoms with E-state index < -0.39 is 0 Å². The second-order valence-electron chi connectivity index (χ2n) is 11.2. The molecule has 4 aliphatic carbocycles. The molecular weight excluding hydrogens is 462 g/mol. The molecule has 4 heteroatoms. The van der Waals surface area contributed by atoms with Crippen LogP contribution in [0.1, 0.15) is 70.8 Å². The fourth-order valence-electron chi connectivity index (χ4n) is 8.10. The van der Waals surface area contributed by atoms with Gasteiger partial charge in [-0.2, -0.15) is 0 Å². The van der Waals surface area contributed by atoms with Gasteiger partial charge in [-0.25, -0.2) is 0 Å². The molecule has 0 saturated heterocycles. The lowest BCUT2D eigenvalue weighted by Crippen LogP contribution is -2.51. The maximum atomic E-state index is 10.2. The highest BCUT2D eigenvalue weighted by Crippen LogP contribution is 2.66. The number of oxime groups is 1. The molecular formula is C28H36BrNO2. The molecule has 0 unspecified atom stereocenters. The van der Waals surface area contributed by atoms with E-state index in [1.54, 1.807) is 0 Å². The van der Waals surface area contributed by atoms with Crippen molar-refractivity contribution in [1.29, 1.82) is 0 Å². The zero-order chi connectivity index (χ0) is 22.5. The third-order valence-corrected chi connectivity index (χ3v) is 10.4. The van der Waals surface area contributed by atoms with Crippen LogP contribution in [0.2, 0.25) is 0 Å². The van der Waals surface area contributed by atoms with E-state index in [2.05, 4.69) is 59.2 Å². The summed E-state index contributed by atoms with van der Waals surface area (Å²) in [5.41, 5.74) is 3.97. The number of aliphatic hydroxyl groups excluding tert-OH is 1. The lowest BCUT2D eigenvalue weighted by Gasteiger charge is -2.58. The van der Waals surface area contributed by atoms with Gasteiger partial charge < -0.3 is 10.3 Å². The molecule has 4 aliphatic rings. The summed E-state index contributed by atoms with van der Waals surface area (Å²) in [6.45, 7) is 4.95. The number of nitrogens with zero attached hydrogens (tertiary/aromatic N) is 1. The van der Waals surface area contributed by atoms with E-state index in [1.165, 1.54) is 24.8 Å². The standard InChI is InChI=1S/C28H36BrNO2/c1-27-15-13-21(31)17-19(27)6-9-22-23-10-11-25(28(23,2)16-14-24(22)27)26(30-32)12-5-18-3-7-20(29)8-4-18/h3-8,12,21-25,31-32H,9-11,13-17H2,1-2H3/b12-5+,30-26+/t21-,22-,23-,24-,25+,27-,28-/m0/s1. The van der Waals surface area contributed by atoms with E-state index in [4.69, 9.17) is 0 Å². The molecule has 1 aromatic rings. The maximum absolute atomic E-state index is 10.2. The van der Waals surface area contributed by atoms with Gasteiger partial charge >= 0.3 is 0 Å². The fraction of sp³-hybridized carbons (Fsp3) is 0.607. The molecule has 3 nitrogen and oxygen atoms in total. The first-order valence-corrected chi connectivity index (χ1v) is 13.2. The first-order chi connectivity index (χ1) is 15.3. The Morgan fingerprint density at radius 2 is 1.84 bits per heavy atom. The number of fused-ring (bicyclic) bond motifs is 5. The van der Waals surface area contributed by atoms with Gasteiger partial charge in [-0.3, -0.25) is 0 Å². The highest BCUT2D eigenvalue weighted by Gasteiger charge is 2.59. The Kier molecular flexibility index (Phi) is 5.90. The Morgan fingerprint density at radius 3 is 2.59 bits per heavy atom. The first kappa shape index (κ1) is 22.4. The lowest BCUT2D eigenvalue weighted by atomic mass is 9.47. The van der Waals surface area contributed by atoms with Crippen molar-refractivity contribution in [3.05, 3.63) is 52.0 Å². The molecule has 3 saturated carbocycles. The molecule has 3 fully saturated rings. The minimum atomic E-state index is -0.142. The topological polar surface area (TPSA) is 52.8 Å². The van der Waals surface area contributed by atoms with Crippen molar-refractivity contribution < 1.29 is 10.3 Å². The second-order valence-corrected chi connectivity index (χ2v) is 12.2. The molecule has 0 radical (unpaired) electrons. The van der Waals surface area contributed by atoms with E-state index in [0.29, 0.717) is 11.8 Å². The van der Waals surface area contributed by atoms with Crippen LogP contribution in [0, 0.1) is 34.5 Å². The number of benzene rings is 1. The monoisotopic (exact) mass is 497 g/mol. The normalized spacial score (nSPS) is 41.7. The summed E-state index contributed by atoms with van der Waals surface area (Å²) < 4.78 is 1.07. The largest absolute Gasteiger partial charge is 0.411 e. The molecule has 0 aromatic heterocycles. The Hall–Kier alpha value is -1.39. The van der Waals surface area contributed by atoms with Crippen LogP contribution >= 0.6 is 15.9 Å². The highest BCUT2D eigenvalue weighted by molar-refractivity contribution is 9.10. The van der Waals surface area contributed by atoms with Gasteiger partial charge in [0.1, 0.15) is 0 Å². The Bertz CT molecular complexity index is 951. The van der Waals surface area contributed by atoms with Crippen LogP contribution in [0.4, 0.5) is 0 Å². The molecule has 0 amide bonds. The molecule has 0 spiro atoms. The third-order valence-electron chi connectivity index (χ3n) is 9.87. The van der Waals surface area contributed by atoms with Gasteiger partial charge in [-0.15, -0.1) is 0 Å². The van der Waals surface area contributed by atoms with Crippen molar-refractivity contribution in [3.8, 4) is 0 Å². The van der Waals surface area contributed by atoms with Crippen LogP contribution < -0.4 is 0 Å². The van der Waals surface area contributed by atoms with E-state index >= 15 is 0 Å². The highest BCUT2D eigenvalue weighted by atomic mass is 79.9. The van der Waals surface area contributed by atoms with E-state index in [9.17, 15) is 10.3 Å². The average molecular weight is 499 g/mol. The molecule has 5 rings (SSSR count). The van der Waals surface area contributed by atoms with Crippen LogP contribution in [0.15, 0.2) is 51.6 Å². The van der Waals surface area contributed by atoms with Crippen molar-refractivity contribution in [1.82, 2.24) is 0 Å². The molecule has 0 aliphatic heterocycles. The summed E-state index contributed by atoms with van der Waals surface area (Å²) in [6, 6.07) is 8.24. The van der Waals surface area contributed by atoms with Crippen molar-refractivity contribution in [2.45, 2.75) is 71.3 Å². The zero-order valence-corrected chi connectivity index (χ0v) is 20.9. The third kappa shape index (κ3) is 3.62. The lowest BCUT2D eigenvalue weighted by molar-refractivity contribution is -0.0424. The van der Waals surface area contributed by atoms with Gasteiger partial charge in [0.2, 0.25) is 0 Å². The minimum Gasteiger partial charge on any atom is -0.411 e. The second kappa shape index (κ2) is 8.43. The van der Waals surface area contributed by atoms with Gasteiger partial charge in [0.05, 0.1) is 11.8 Å². The van der Waals surface area contributed by atoms with E-state index in [1.807, 2.05) is 18.2 Å². The molecule has 172 valence electrons. The van der Waals surface area contributed by atoms with Gasteiger partial charge in [0.25, 0.3) is 0 Å². The first-order valence-electron chi connectivity index (χ1n) is 12.4. The predicted molar refractivity (Wildman–Crippen MR) is 134 cm³/mol. The molecule has 7 atom stereocenters. The zero-order valence-electron chi connectivity index (χ0n) is 19.3. The summed E-state index contributed by atoms with van der Waals surface area (Å²) >= 11 is 3.49. The van der Waals surface area contributed by atoms with Crippen LogP contribution in [-0.2, 0) is 0 Å². The van der Waals surface area contributed by atoms with Crippen molar-refractivity contribution >= 4 is 27.7 Å². The summed E-state index contributed by atoms with van der Waals surface area (Å²) in [5, 5.41) is 24.0. The Morgan fingerprint density at radius 1 is 1.06 bits per heavy atom. The number of hydrogen-bond donors (Lipinski definition) is 2. The van der Waals surface area contributed by atoms with E-state index in [0.717, 1.165) is 59.7 Å². The predicted octanol–water partition coefficient (Wildman–Crippen LogP) is 7.23. The summed E-state index contributed by atoms with van der Waals surface area (Å²) in [5.74, 6) is 2.46. The average Bonchev–Trinajstić information content (AvgIpc) is 3.13. The number of allylic oxidation sites excluding steroid dienone is 2. The van der Waals surface area contributed by atoms with Crippen molar-refractivity contribution in [3.63, 3.8) is 0 Å². The smallest absolute Gasteiger partial charge is 0.0832 e. The Balaban J connectivity index is 1.38. The number of rotatable bonds is 3. The Labute approximate surface area is 200 Å². The molecule has 32 heavy (non-hydrogen) atoms. The SMILES string of the molecule is C[C@]12CC[C@H]3[C@@H](CC=C4C[C@@H](O)CC[C@@]43C)[C@@H]1CC[C@@H]2C(/C=C/c1ccc(Br)cc1)=N/O. The van der Waals surface area contributed by atoms with Crippen LogP contribution in [0.5, 0.6) is 0 Å². The van der Waals surface area contributed by atoms with Gasteiger partial charge in [-0.05, 0) is 104 Å². The van der Waals surface area contributed by atoms with Gasteiger partial charge in [-0.1, -0.05) is 64.8 Å². The molecule has 0 bridgehead atoms. The van der Waals surface area contributed by atoms with Crippen molar-refractivity contribution in [2.75, 3.05) is 0 Å². The van der Waals surface area contributed by atoms with Crippen LogP contribution in [-0.4, -0.2) is 22.1 Å². The summed E-state index contributed by atoms with van der Waals surface area (Å²) in [4.78, 5) is 0. The molecule has 0 heterocycles. The maximum Gasteiger partial charge on any atom is 0.0832 e. The minimum absolute atomic E-state index is 0.142. The number of hydrogen-bond acceptors (Lipinski definition) is 3.